The van der Waals surface area contributed by atoms with Crippen molar-refractivity contribution in [2.75, 3.05) is 17.8 Å². The van der Waals surface area contributed by atoms with Gasteiger partial charge in [0, 0.05) is 5.69 Å². The molecule has 0 atom stereocenters. The minimum Gasteiger partial charge on any atom is -0.471 e. The lowest BCUT2D eigenvalue weighted by atomic mass is 10.3. The molecule has 2 rings (SSSR count). The molecule has 0 unspecified atom stereocenters. The maximum absolute atomic E-state index is 5.54. The number of fused-ring (bicyclic) bond motifs is 1. The molecule has 1 aliphatic heterocycles. The Bertz CT molecular complexity index is 260. The van der Waals surface area contributed by atoms with Gasteiger partial charge >= 0.3 is 0 Å². The van der Waals surface area contributed by atoms with Crippen molar-refractivity contribution >= 4 is 11.4 Å². The Kier molecular flexibility index (Phi) is 0.974. The summed E-state index contributed by atoms with van der Waals surface area (Å²) in [6.45, 7) is 0.554. The van der Waals surface area contributed by atoms with Crippen LogP contribution in [-0.4, -0.2) is 6.73 Å². The van der Waals surface area contributed by atoms with E-state index in [9.17, 15) is 0 Å². The van der Waals surface area contributed by atoms with Crippen LogP contribution in [0.1, 0.15) is 0 Å². The van der Waals surface area contributed by atoms with Gasteiger partial charge in [-0.15, -0.1) is 0 Å². The van der Waals surface area contributed by atoms with Gasteiger partial charge < -0.3 is 15.8 Å². The molecule has 0 saturated carbocycles. The summed E-state index contributed by atoms with van der Waals surface area (Å²) in [7, 11) is 0. The Labute approximate surface area is 58.8 Å². The summed E-state index contributed by atoms with van der Waals surface area (Å²) in [6.07, 6.45) is 0. The first-order valence-corrected chi connectivity index (χ1v) is 3.12. The van der Waals surface area contributed by atoms with E-state index in [1.54, 1.807) is 0 Å². The van der Waals surface area contributed by atoms with Crippen LogP contribution in [0, 0.1) is 0 Å². The van der Waals surface area contributed by atoms with Crippen molar-refractivity contribution in [3.63, 3.8) is 0 Å². The van der Waals surface area contributed by atoms with Gasteiger partial charge in [0.2, 0.25) is 0 Å². The van der Waals surface area contributed by atoms with Gasteiger partial charge in [0.1, 0.15) is 5.75 Å². The average Bonchev–Trinajstić information content (AvgIpc) is 2.33. The fourth-order valence-corrected chi connectivity index (χ4v) is 1.00. The fourth-order valence-electron chi connectivity index (χ4n) is 1.00. The van der Waals surface area contributed by atoms with E-state index >= 15 is 0 Å². The molecule has 0 aromatic heterocycles. The molecule has 0 amide bonds. The smallest absolute Gasteiger partial charge is 0.159 e. The van der Waals surface area contributed by atoms with Gasteiger partial charge in [0.15, 0.2) is 6.73 Å². The van der Waals surface area contributed by atoms with E-state index in [-0.39, 0.29) is 0 Å². The predicted octanol–water partition coefficient (Wildman–Crippen LogP) is 1.03. The Morgan fingerprint density at radius 3 is 3.30 bits per heavy atom. The minimum atomic E-state index is 0.554. The number of nitrogens with one attached hydrogen (secondary N) is 1. The minimum absolute atomic E-state index is 0.554. The van der Waals surface area contributed by atoms with Crippen molar-refractivity contribution in [2.45, 2.75) is 0 Å². The Morgan fingerprint density at radius 2 is 2.40 bits per heavy atom. The third-order valence-corrected chi connectivity index (χ3v) is 1.49. The molecule has 10 heavy (non-hydrogen) atoms. The quantitative estimate of drug-likeness (QED) is 0.524. The van der Waals surface area contributed by atoms with Gasteiger partial charge in [-0.25, -0.2) is 0 Å². The Morgan fingerprint density at radius 1 is 1.50 bits per heavy atom. The summed E-state index contributed by atoms with van der Waals surface area (Å²) in [6, 6.07) is 5.55. The number of nitrogens with two attached hydrogens (primary N) is 1. The van der Waals surface area contributed by atoms with Crippen LogP contribution in [0.25, 0.3) is 0 Å². The molecule has 0 fully saturated rings. The Hall–Kier alpha value is -1.38. The van der Waals surface area contributed by atoms with Gasteiger partial charge in [-0.05, 0) is 18.2 Å². The number of rotatable bonds is 0. The van der Waals surface area contributed by atoms with Crippen LogP contribution < -0.4 is 15.8 Å². The zero-order valence-electron chi connectivity index (χ0n) is 5.42. The number of anilines is 2. The number of ether oxygens (including phenoxy) is 1. The lowest BCUT2D eigenvalue weighted by Gasteiger charge is -1.96. The van der Waals surface area contributed by atoms with E-state index in [1.807, 2.05) is 18.2 Å². The number of hydrogen-bond donors (Lipinski definition) is 2. The third kappa shape index (κ3) is 0.673. The molecule has 1 aromatic rings. The van der Waals surface area contributed by atoms with Crippen molar-refractivity contribution in [2.24, 2.45) is 0 Å². The highest BCUT2D eigenvalue weighted by Crippen LogP contribution is 2.30. The monoisotopic (exact) mass is 136 g/mol. The second-order valence-electron chi connectivity index (χ2n) is 2.22. The first-order chi connectivity index (χ1) is 4.86. The fraction of sp³-hybridized carbons (Fsp3) is 0.143. The number of benzene rings is 1. The van der Waals surface area contributed by atoms with E-state index < -0.39 is 0 Å². The molecule has 1 aliphatic rings. The van der Waals surface area contributed by atoms with Crippen LogP contribution in [0.15, 0.2) is 18.2 Å². The highest BCUT2D eigenvalue weighted by atomic mass is 16.5. The molecular formula is C7H8N2O. The van der Waals surface area contributed by atoms with Crippen molar-refractivity contribution < 1.29 is 4.74 Å². The summed E-state index contributed by atoms with van der Waals surface area (Å²) in [5, 5.41) is 3.04. The van der Waals surface area contributed by atoms with Gasteiger partial charge in [-0.1, -0.05) is 0 Å². The predicted molar refractivity (Wildman–Crippen MR) is 40.0 cm³/mol. The zero-order valence-corrected chi connectivity index (χ0v) is 5.42. The Balaban J connectivity index is 2.52. The van der Waals surface area contributed by atoms with E-state index in [0.29, 0.717) is 6.73 Å². The van der Waals surface area contributed by atoms with E-state index in [4.69, 9.17) is 10.5 Å². The molecule has 52 valence electrons. The maximum atomic E-state index is 5.54. The molecule has 3 N–H and O–H groups in total. The summed E-state index contributed by atoms with van der Waals surface area (Å²) >= 11 is 0. The van der Waals surface area contributed by atoms with E-state index in [1.165, 1.54) is 0 Å². The first kappa shape index (κ1) is 5.41. The average molecular weight is 136 g/mol. The van der Waals surface area contributed by atoms with Crippen molar-refractivity contribution in [3.8, 4) is 5.75 Å². The lowest BCUT2D eigenvalue weighted by Crippen LogP contribution is -1.96. The molecular weight excluding hydrogens is 128 g/mol. The standard InChI is InChI=1S/C7H8N2O/c8-5-1-2-7-6(3-5)9-4-10-7/h1-3,9H,4,8H2. The van der Waals surface area contributed by atoms with Crippen molar-refractivity contribution in [1.29, 1.82) is 0 Å². The molecule has 3 heteroatoms. The first-order valence-electron chi connectivity index (χ1n) is 3.12. The van der Waals surface area contributed by atoms with E-state index in [0.717, 1.165) is 17.1 Å². The van der Waals surface area contributed by atoms with Crippen LogP contribution in [0.5, 0.6) is 5.75 Å². The SMILES string of the molecule is Nc1ccc2c(c1)NCO2. The van der Waals surface area contributed by atoms with Crippen LogP contribution in [-0.2, 0) is 0 Å². The molecule has 1 heterocycles. The van der Waals surface area contributed by atoms with Crippen LogP contribution in [0.2, 0.25) is 0 Å². The van der Waals surface area contributed by atoms with Gasteiger partial charge in [0.05, 0.1) is 5.69 Å². The van der Waals surface area contributed by atoms with E-state index in [2.05, 4.69) is 5.32 Å². The molecule has 0 saturated heterocycles. The van der Waals surface area contributed by atoms with Gasteiger partial charge in [-0.3, -0.25) is 0 Å². The summed E-state index contributed by atoms with van der Waals surface area (Å²) in [5.41, 5.74) is 7.28. The normalized spacial score (nSPS) is 13.6. The highest BCUT2D eigenvalue weighted by Gasteiger charge is 2.09. The topological polar surface area (TPSA) is 47.3 Å². The van der Waals surface area contributed by atoms with Crippen LogP contribution in [0.3, 0.4) is 0 Å². The number of hydrogen-bond acceptors (Lipinski definition) is 3. The van der Waals surface area contributed by atoms with Crippen LogP contribution in [0.4, 0.5) is 11.4 Å². The second-order valence-corrected chi connectivity index (χ2v) is 2.22. The summed E-state index contributed by atoms with van der Waals surface area (Å²) in [5.74, 6) is 0.884. The second kappa shape index (κ2) is 1.80. The third-order valence-electron chi connectivity index (χ3n) is 1.49. The molecule has 0 spiro atoms. The van der Waals surface area contributed by atoms with Gasteiger partial charge in [-0.2, -0.15) is 0 Å². The molecule has 1 aromatic carbocycles. The van der Waals surface area contributed by atoms with Crippen molar-refractivity contribution in [1.82, 2.24) is 0 Å². The van der Waals surface area contributed by atoms with Crippen LogP contribution >= 0.6 is 0 Å². The summed E-state index contributed by atoms with van der Waals surface area (Å²) < 4.78 is 5.19. The van der Waals surface area contributed by atoms with Crippen molar-refractivity contribution in [3.05, 3.63) is 18.2 Å². The van der Waals surface area contributed by atoms with Gasteiger partial charge in [0.25, 0.3) is 0 Å². The molecule has 0 bridgehead atoms. The number of nitrogen functional groups attached to an aromatic ring is 1. The summed E-state index contributed by atoms with van der Waals surface area (Å²) in [4.78, 5) is 0. The maximum Gasteiger partial charge on any atom is 0.159 e. The molecule has 0 radical (unpaired) electrons. The molecule has 0 aliphatic carbocycles. The zero-order chi connectivity index (χ0) is 6.97. The largest absolute Gasteiger partial charge is 0.471 e. The lowest BCUT2D eigenvalue weighted by molar-refractivity contribution is 0.372. The highest BCUT2D eigenvalue weighted by molar-refractivity contribution is 5.65. The molecule has 3 nitrogen and oxygen atoms in total.